The molecule has 0 aliphatic carbocycles. The molecule has 2 aromatic rings. The van der Waals surface area contributed by atoms with Crippen LogP contribution in [0.5, 0.6) is 0 Å². The van der Waals surface area contributed by atoms with Crippen molar-refractivity contribution < 1.29 is 27.7 Å². The maximum Gasteiger partial charge on any atom is 0.240 e. The number of nitrogens with zero attached hydrogens (tertiary/aromatic N) is 2. The number of aromatic nitrogens is 1. The van der Waals surface area contributed by atoms with Gasteiger partial charge < -0.3 is 9.84 Å². The molecule has 25 heavy (non-hydrogen) atoms. The molecular weight excluding hydrogens is 336 g/mol. The van der Waals surface area contributed by atoms with Gasteiger partial charge in [-0.15, -0.1) is 0 Å². The lowest BCUT2D eigenvalue weighted by Crippen LogP contribution is -2.39. The Morgan fingerprint density at radius 1 is 1.20 bits per heavy atom. The molecule has 1 aromatic heterocycles. The second kappa shape index (κ2) is 6.80. The molecule has 1 aliphatic rings. The monoisotopic (exact) mass is 349 g/mol. The third-order valence-corrected chi connectivity index (χ3v) is 3.68. The van der Waals surface area contributed by atoms with E-state index in [9.17, 15) is 23.2 Å². The fourth-order valence-corrected chi connectivity index (χ4v) is 2.40. The first-order valence-corrected chi connectivity index (χ1v) is 7.45. The number of hydrogen-bond acceptors (Lipinski definition) is 5. The highest BCUT2D eigenvalue weighted by atomic mass is 19.1. The van der Waals surface area contributed by atoms with Gasteiger partial charge in [0.05, 0.1) is 12.1 Å². The first-order valence-electron chi connectivity index (χ1n) is 7.45. The predicted octanol–water partition coefficient (Wildman–Crippen LogP) is 1.38. The summed E-state index contributed by atoms with van der Waals surface area (Å²) in [7, 11) is 0. The summed E-state index contributed by atoms with van der Waals surface area (Å²) in [5.74, 6) is -2.70. The molecule has 1 fully saturated rings. The smallest absolute Gasteiger partial charge is 0.240 e. The number of hydrogen-bond donors (Lipinski definition) is 1. The summed E-state index contributed by atoms with van der Waals surface area (Å²) in [6.45, 7) is -0.379. The van der Waals surface area contributed by atoms with Crippen LogP contribution in [0.15, 0.2) is 28.8 Å². The molecule has 0 atom stereocenters. The van der Waals surface area contributed by atoms with Gasteiger partial charge in [0, 0.05) is 25.0 Å². The van der Waals surface area contributed by atoms with Gasteiger partial charge in [-0.1, -0.05) is 5.16 Å². The molecule has 2 heterocycles. The van der Waals surface area contributed by atoms with E-state index in [0.717, 1.165) is 17.0 Å². The average Bonchev–Trinajstić information content (AvgIpc) is 3.15. The number of carbonyl (C=O) groups is 3. The van der Waals surface area contributed by atoms with Crippen LogP contribution in [0, 0.1) is 11.6 Å². The number of amides is 3. The van der Waals surface area contributed by atoms with Gasteiger partial charge in [-0.3, -0.25) is 19.3 Å². The number of rotatable bonds is 5. The van der Waals surface area contributed by atoms with E-state index in [4.69, 9.17) is 4.52 Å². The summed E-state index contributed by atoms with van der Waals surface area (Å²) in [4.78, 5) is 35.6. The van der Waals surface area contributed by atoms with Crippen molar-refractivity contribution in [1.82, 2.24) is 15.4 Å². The molecule has 1 aliphatic heterocycles. The Balaban J connectivity index is 1.59. The quantitative estimate of drug-likeness (QED) is 0.824. The van der Waals surface area contributed by atoms with E-state index in [1.54, 1.807) is 0 Å². The van der Waals surface area contributed by atoms with Gasteiger partial charge in [0.2, 0.25) is 17.7 Å². The highest BCUT2D eigenvalue weighted by Gasteiger charge is 2.30. The Bertz CT molecular complexity index is 834. The van der Waals surface area contributed by atoms with Crippen LogP contribution in [0.3, 0.4) is 0 Å². The predicted molar refractivity (Wildman–Crippen MR) is 79.7 cm³/mol. The van der Waals surface area contributed by atoms with Gasteiger partial charge >= 0.3 is 0 Å². The van der Waals surface area contributed by atoms with Crippen molar-refractivity contribution in [2.45, 2.75) is 19.4 Å². The number of imide groups is 1. The van der Waals surface area contributed by atoms with Crippen molar-refractivity contribution in [1.29, 1.82) is 0 Å². The topological polar surface area (TPSA) is 92.5 Å². The van der Waals surface area contributed by atoms with E-state index < -0.39 is 17.5 Å². The Hall–Kier alpha value is -3.10. The minimum atomic E-state index is -0.794. The molecule has 1 N–H and O–H groups in total. The molecular formula is C16H13F2N3O4. The summed E-state index contributed by atoms with van der Waals surface area (Å²) >= 11 is 0. The average molecular weight is 349 g/mol. The number of halogens is 2. The third-order valence-electron chi connectivity index (χ3n) is 3.68. The normalized spacial score (nSPS) is 14.2. The van der Waals surface area contributed by atoms with E-state index in [1.165, 1.54) is 12.1 Å². The summed E-state index contributed by atoms with van der Waals surface area (Å²) in [6.07, 6.45) is 0.226. The Labute approximate surface area is 140 Å². The summed E-state index contributed by atoms with van der Waals surface area (Å²) in [5, 5.41) is 6.19. The first-order chi connectivity index (χ1) is 11.9. The molecule has 0 bridgehead atoms. The third kappa shape index (κ3) is 3.70. The van der Waals surface area contributed by atoms with E-state index in [-0.39, 0.29) is 49.1 Å². The van der Waals surface area contributed by atoms with Crippen molar-refractivity contribution in [3.05, 3.63) is 41.6 Å². The van der Waals surface area contributed by atoms with Crippen LogP contribution in [0.1, 0.15) is 18.5 Å². The molecule has 1 saturated heterocycles. The van der Waals surface area contributed by atoms with Gasteiger partial charge in [-0.2, -0.15) is 0 Å². The Kier molecular flexibility index (Phi) is 4.55. The molecule has 0 saturated carbocycles. The lowest BCUT2D eigenvalue weighted by Gasteiger charge is -2.12. The fourth-order valence-electron chi connectivity index (χ4n) is 2.40. The van der Waals surface area contributed by atoms with Gasteiger partial charge in [-0.25, -0.2) is 8.78 Å². The van der Waals surface area contributed by atoms with E-state index in [1.807, 2.05) is 0 Å². The van der Waals surface area contributed by atoms with Gasteiger partial charge in [-0.05, 0) is 12.1 Å². The minimum absolute atomic E-state index is 0.0264. The molecule has 3 amide bonds. The van der Waals surface area contributed by atoms with Crippen molar-refractivity contribution >= 4 is 17.7 Å². The molecule has 9 heteroatoms. The minimum Gasteiger partial charge on any atom is -0.356 e. The van der Waals surface area contributed by atoms with Crippen LogP contribution in [0.4, 0.5) is 8.78 Å². The highest BCUT2D eigenvalue weighted by Crippen LogP contribution is 2.24. The lowest BCUT2D eigenvalue weighted by atomic mass is 10.1. The first kappa shape index (κ1) is 16.7. The molecule has 1 aromatic carbocycles. The Morgan fingerprint density at radius 2 is 1.92 bits per heavy atom. The lowest BCUT2D eigenvalue weighted by molar-refractivity contribution is -0.142. The van der Waals surface area contributed by atoms with Gasteiger partial charge in [0.15, 0.2) is 5.76 Å². The molecule has 130 valence electrons. The van der Waals surface area contributed by atoms with Crippen molar-refractivity contribution in [3.63, 3.8) is 0 Å². The number of nitrogens with one attached hydrogen (secondary N) is 1. The number of benzene rings is 1. The second-order valence-electron chi connectivity index (χ2n) is 5.46. The fraction of sp³-hybridized carbons (Fsp3) is 0.250. The van der Waals surface area contributed by atoms with Crippen LogP contribution >= 0.6 is 0 Å². The summed E-state index contributed by atoms with van der Waals surface area (Å²) < 4.78 is 31.6. The number of carbonyl (C=O) groups excluding carboxylic acids is 3. The molecule has 0 spiro atoms. The molecule has 7 nitrogen and oxygen atoms in total. The molecule has 0 radical (unpaired) electrons. The molecule has 3 rings (SSSR count). The van der Waals surface area contributed by atoms with Crippen LogP contribution in [-0.4, -0.2) is 34.3 Å². The molecule has 0 unspecified atom stereocenters. The van der Waals surface area contributed by atoms with Crippen LogP contribution in [0.25, 0.3) is 11.3 Å². The Morgan fingerprint density at radius 3 is 2.60 bits per heavy atom. The van der Waals surface area contributed by atoms with Crippen LogP contribution in [-0.2, 0) is 20.9 Å². The van der Waals surface area contributed by atoms with Crippen LogP contribution < -0.4 is 5.32 Å². The maximum atomic E-state index is 13.7. The van der Waals surface area contributed by atoms with Gasteiger partial charge in [0.25, 0.3) is 0 Å². The number of likely N-dealkylation sites (tertiary alicyclic amines) is 1. The van der Waals surface area contributed by atoms with Crippen molar-refractivity contribution in [2.75, 3.05) is 6.54 Å². The van der Waals surface area contributed by atoms with Crippen LogP contribution in [0.2, 0.25) is 0 Å². The maximum absolute atomic E-state index is 13.7. The highest BCUT2D eigenvalue weighted by molar-refractivity contribution is 6.04. The summed E-state index contributed by atoms with van der Waals surface area (Å²) in [5.41, 5.74) is 0.353. The standard InChI is InChI=1S/C16H13F2N3O4/c17-9-1-2-11(12(18)5-9)13-6-10(20-25-13)7-19-14(22)8-21-15(23)3-4-16(21)24/h1-2,5-6H,3-4,7-8H2,(H,19,22). The summed E-state index contributed by atoms with van der Waals surface area (Å²) in [6, 6.07) is 4.44. The van der Waals surface area contributed by atoms with Crippen molar-refractivity contribution in [3.8, 4) is 11.3 Å². The zero-order valence-electron chi connectivity index (χ0n) is 12.9. The van der Waals surface area contributed by atoms with Gasteiger partial charge in [0.1, 0.15) is 23.9 Å². The SMILES string of the molecule is O=C(CN1C(=O)CCC1=O)NCc1cc(-c2ccc(F)cc2F)on1. The second-order valence-corrected chi connectivity index (χ2v) is 5.46. The van der Waals surface area contributed by atoms with Crippen molar-refractivity contribution in [2.24, 2.45) is 0 Å². The largest absolute Gasteiger partial charge is 0.356 e. The van der Waals surface area contributed by atoms with E-state index >= 15 is 0 Å². The van der Waals surface area contributed by atoms with E-state index in [0.29, 0.717) is 5.69 Å². The zero-order chi connectivity index (χ0) is 18.0. The van der Waals surface area contributed by atoms with E-state index in [2.05, 4.69) is 10.5 Å². The zero-order valence-corrected chi connectivity index (χ0v) is 12.9.